The number of rotatable bonds is 8. The van der Waals surface area contributed by atoms with E-state index in [9.17, 15) is 8.42 Å². The monoisotopic (exact) mass is 305 g/mol. The van der Waals surface area contributed by atoms with E-state index in [0.717, 1.165) is 38.8 Å². The maximum Gasteiger partial charge on any atom is 0.154 e. The van der Waals surface area contributed by atoms with E-state index in [4.69, 9.17) is 9.47 Å². The molecule has 0 bridgehead atoms. The Bertz CT molecular complexity index is 373. The fourth-order valence-electron chi connectivity index (χ4n) is 2.96. The highest BCUT2D eigenvalue weighted by atomic mass is 32.2. The van der Waals surface area contributed by atoms with Gasteiger partial charge in [0, 0.05) is 25.2 Å². The normalized spacial score (nSPS) is 28.9. The Labute approximate surface area is 122 Å². The Kier molecular flexibility index (Phi) is 6.26. The summed E-state index contributed by atoms with van der Waals surface area (Å²) < 4.78 is 35.6. The first kappa shape index (κ1) is 16.2. The molecule has 5 nitrogen and oxygen atoms in total. The third kappa shape index (κ3) is 4.98. The lowest BCUT2D eigenvalue weighted by atomic mass is 10.0. The smallest absolute Gasteiger partial charge is 0.154 e. The van der Waals surface area contributed by atoms with Gasteiger partial charge in [-0.25, -0.2) is 8.42 Å². The number of sulfone groups is 1. The van der Waals surface area contributed by atoms with E-state index in [1.54, 1.807) is 0 Å². The lowest BCUT2D eigenvalue weighted by Crippen LogP contribution is -2.43. The minimum Gasteiger partial charge on any atom is -0.381 e. The average Bonchev–Trinajstić information content (AvgIpc) is 3.06. The van der Waals surface area contributed by atoms with Crippen LogP contribution in [-0.4, -0.2) is 58.4 Å². The van der Waals surface area contributed by atoms with Gasteiger partial charge in [-0.1, -0.05) is 6.92 Å². The van der Waals surface area contributed by atoms with Crippen LogP contribution in [0, 0.1) is 5.92 Å². The van der Waals surface area contributed by atoms with Crippen molar-refractivity contribution in [1.29, 1.82) is 0 Å². The van der Waals surface area contributed by atoms with Crippen LogP contribution in [0.15, 0.2) is 0 Å². The fourth-order valence-corrected chi connectivity index (χ4v) is 4.86. The second-order valence-electron chi connectivity index (χ2n) is 5.90. The number of hydrogen-bond acceptors (Lipinski definition) is 5. The molecule has 20 heavy (non-hydrogen) atoms. The van der Waals surface area contributed by atoms with Crippen molar-refractivity contribution in [2.45, 2.75) is 44.8 Å². The number of ether oxygens (including phenoxy) is 2. The van der Waals surface area contributed by atoms with Crippen molar-refractivity contribution in [1.82, 2.24) is 5.32 Å². The second kappa shape index (κ2) is 7.73. The summed E-state index contributed by atoms with van der Waals surface area (Å²) in [6.45, 7) is 5.08. The molecule has 0 aromatic rings. The summed E-state index contributed by atoms with van der Waals surface area (Å²) in [6.07, 6.45) is 3.73. The van der Waals surface area contributed by atoms with Gasteiger partial charge in [-0.3, -0.25) is 0 Å². The van der Waals surface area contributed by atoms with Crippen LogP contribution in [0.2, 0.25) is 0 Å². The fraction of sp³-hybridized carbons (Fsp3) is 1.00. The highest BCUT2D eigenvalue weighted by Gasteiger charge is 2.31. The molecule has 3 atom stereocenters. The van der Waals surface area contributed by atoms with Crippen molar-refractivity contribution in [3.8, 4) is 0 Å². The summed E-state index contributed by atoms with van der Waals surface area (Å²) in [5, 5.41) is 3.39. The lowest BCUT2D eigenvalue weighted by molar-refractivity contribution is 0.127. The van der Waals surface area contributed by atoms with E-state index < -0.39 is 9.84 Å². The number of nitrogens with one attached hydrogen (secondary N) is 1. The highest BCUT2D eigenvalue weighted by Crippen LogP contribution is 2.20. The molecule has 1 N–H and O–H groups in total. The Morgan fingerprint density at radius 3 is 2.75 bits per heavy atom. The van der Waals surface area contributed by atoms with Crippen LogP contribution >= 0.6 is 0 Å². The van der Waals surface area contributed by atoms with Gasteiger partial charge < -0.3 is 14.8 Å². The standard InChI is InChI=1S/C14H27NO4S/c1-2-6-15-14(12-5-8-18-9-12)11-20(16,17)10-13-4-3-7-19-13/h12-15H,2-11H2,1H3. The molecule has 2 heterocycles. The first-order chi connectivity index (χ1) is 9.61. The molecule has 0 saturated carbocycles. The van der Waals surface area contributed by atoms with Crippen LogP contribution < -0.4 is 5.32 Å². The van der Waals surface area contributed by atoms with E-state index in [2.05, 4.69) is 12.2 Å². The van der Waals surface area contributed by atoms with Gasteiger partial charge in [-0.2, -0.15) is 0 Å². The van der Waals surface area contributed by atoms with Crippen LogP contribution in [0.1, 0.15) is 32.6 Å². The van der Waals surface area contributed by atoms with Crippen LogP contribution in [0.4, 0.5) is 0 Å². The molecule has 6 heteroatoms. The molecule has 2 aliphatic rings. The van der Waals surface area contributed by atoms with Crippen LogP contribution in [0.3, 0.4) is 0 Å². The van der Waals surface area contributed by atoms with Gasteiger partial charge >= 0.3 is 0 Å². The van der Waals surface area contributed by atoms with E-state index in [-0.39, 0.29) is 23.7 Å². The van der Waals surface area contributed by atoms with E-state index in [1.165, 1.54) is 0 Å². The van der Waals surface area contributed by atoms with E-state index in [1.807, 2.05) is 0 Å². The zero-order valence-corrected chi connectivity index (χ0v) is 13.2. The SMILES string of the molecule is CCCNC(CS(=O)(=O)CC1CCCO1)C1CCOC1. The van der Waals surface area contributed by atoms with Gasteiger partial charge in [-0.05, 0) is 32.2 Å². The lowest BCUT2D eigenvalue weighted by Gasteiger charge is -2.24. The Morgan fingerprint density at radius 1 is 1.30 bits per heavy atom. The van der Waals surface area contributed by atoms with Crippen molar-refractivity contribution in [3.63, 3.8) is 0 Å². The molecule has 0 radical (unpaired) electrons. The maximum atomic E-state index is 12.4. The summed E-state index contributed by atoms with van der Waals surface area (Å²) in [5.74, 6) is 0.701. The zero-order chi connectivity index (χ0) is 14.4. The minimum absolute atomic E-state index is 0.0175. The minimum atomic E-state index is -3.08. The van der Waals surface area contributed by atoms with Gasteiger partial charge in [0.15, 0.2) is 9.84 Å². The van der Waals surface area contributed by atoms with Gasteiger partial charge in [0.2, 0.25) is 0 Å². The molecule has 2 aliphatic heterocycles. The van der Waals surface area contributed by atoms with Crippen LogP contribution in [-0.2, 0) is 19.3 Å². The molecule has 0 aromatic heterocycles. The molecular formula is C14H27NO4S. The van der Waals surface area contributed by atoms with Crippen molar-refractivity contribution in [3.05, 3.63) is 0 Å². The predicted octanol–water partition coefficient (Wildman–Crippen LogP) is 0.985. The molecular weight excluding hydrogens is 278 g/mol. The van der Waals surface area contributed by atoms with E-state index >= 15 is 0 Å². The van der Waals surface area contributed by atoms with Crippen LogP contribution in [0.25, 0.3) is 0 Å². The Hall–Kier alpha value is -0.170. The van der Waals surface area contributed by atoms with Crippen molar-refractivity contribution in [2.75, 3.05) is 37.9 Å². The summed E-state index contributed by atoms with van der Waals surface area (Å²) in [4.78, 5) is 0. The first-order valence-corrected chi connectivity index (χ1v) is 9.56. The molecule has 2 saturated heterocycles. The molecule has 2 fully saturated rings. The molecule has 0 amide bonds. The van der Waals surface area contributed by atoms with Crippen molar-refractivity contribution in [2.24, 2.45) is 5.92 Å². The average molecular weight is 305 g/mol. The van der Waals surface area contributed by atoms with Gasteiger partial charge in [0.25, 0.3) is 0 Å². The molecule has 0 spiro atoms. The summed E-state index contributed by atoms with van der Waals surface area (Å²) >= 11 is 0. The topological polar surface area (TPSA) is 64.6 Å². The van der Waals surface area contributed by atoms with Gasteiger partial charge in [0.05, 0.1) is 24.2 Å². The highest BCUT2D eigenvalue weighted by molar-refractivity contribution is 7.91. The Morgan fingerprint density at radius 2 is 2.15 bits per heavy atom. The summed E-state index contributed by atoms with van der Waals surface area (Å²) in [5.41, 5.74) is 0. The van der Waals surface area contributed by atoms with Crippen molar-refractivity contribution >= 4 is 9.84 Å². The van der Waals surface area contributed by atoms with Crippen molar-refractivity contribution < 1.29 is 17.9 Å². The van der Waals surface area contributed by atoms with E-state index in [0.29, 0.717) is 19.1 Å². The van der Waals surface area contributed by atoms with Gasteiger partial charge in [-0.15, -0.1) is 0 Å². The first-order valence-electron chi connectivity index (χ1n) is 7.74. The zero-order valence-electron chi connectivity index (χ0n) is 12.3. The third-order valence-electron chi connectivity index (χ3n) is 4.09. The summed E-state index contributed by atoms with van der Waals surface area (Å²) in [7, 11) is -3.08. The van der Waals surface area contributed by atoms with Gasteiger partial charge in [0.1, 0.15) is 0 Å². The molecule has 0 aromatic carbocycles. The largest absolute Gasteiger partial charge is 0.381 e. The third-order valence-corrected chi connectivity index (χ3v) is 5.83. The second-order valence-corrected chi connectivity index (χ2v) is 8.05. The maximum absolute atomic E-state index is 12.4. The molecule has 3 unspecified atom stereocenters. The predicted molar refractivity (Wildman–Crippen MR) is 78.6 cm³/mol. The quantitative estimate of drug-likeness (QED) is 0.724. The molecule has 0 aliphatic carbocycles. The molecule has 118 valence electrons. The number of hydrogen-bond donors (Lipinski definition) is 1. The van der Waals surface area contributed by atoms with Crippen LogP contribution in [0.5, 0.6) is 0 Å². The Balaban J connectivity index is 1.90. The summed E-state index contributed by atoms with van der Waals surface area (Å²) in [6, 6.07) is 0.0175. The molecule has 2 rings (SSSR count).